The fraction of sp³-hybridized carbons (Fsp3) is 0.478. The summed E-state index contributed by atoms with van der Waals surface area (Å²) in [6, 6.07) is 8.97. The van der Waals surface area contributed by atoms with Crippen LogP contribution < -0.4 is 19.7 Å². The first-order chi connectivity index (χ1) is 14.4. The quantitative estimate of drug-likeness (QED) is 0.708. The van der Waals surface area contributed by atoms with Crippen LogP contribution in [-0.4, -0.2) is 42.7 Å². The molecular formula is C23H30FN3O3. The minimum Gasteiger partial charge on any atom is -0.489 e. The van der Waals surface area contributed by atoms with Gasteiger partial charge in [-0.25, -0.2) is 9.37 Å². The van der Waals surface area contributed by atoms with Crippen molar-refractivity contribution in [1.82, 2.24) is 10.3 Å². The molecule has 1 aliphatic rings. The minimum atomic E-state index is -0.391. The maximum absolute atomic E-state index is 14.5. The van der Waals surface area contributed by atoms with E-state index in [0.717, 1.165) is 17.7 Å². The van der Waals surface area contributed by atoms with Crippen molar-refractivity contribution in [3.8, 4) is 11.5 Å². The average molecular weight is 416 g/mol. The van der Waals surface area contributed by atoms with Gasteiger partial charge < -0.3 is 19.7 Å². The molecule has 2 aromatic rings. The van der Waals surface area contributed by atoms with E-state index in [2.05, 4.69) is 10.3 Å². The van der Waals surface area contributed by atoms with E-state index < -0.39 is 5.82 Å². The summed E-state index contributed by atoms with van der Waals surface area (Å²) < 4.78 is 26.1. The van der Waals surface area contributed by atoms with E-state index in [1.165, 1.54) is 6.07 Å². The van der Waals surface area contributed by atoms with Crippen LogP contribution in [0.15, 0.2) is 36.5 Å². The first-order valence-electron chi connectivity index (χ1n) is 10.5. The SMILES string of the molecule is CCNC(=O)C(C)c1ccc(OC2CCN(c3ncc(OC(C)C)cc3F)C2)cc1. The molecule has 0 aliphatic carbocycles. The Hall–Kier alpha value is -2.83. The Morgan fingerprint density at radius 2 is 2.00 bits per heavy atom. The van der Waals surface area contributed by atoms with Crippen LogP contribution in [0.1, 0.15) is 45.6 Å². The van der Waals surface area contributed by atoms with Gasteiger partial charge in [-0.05, 0) is 45.4 Å². The molecule has 2 unspecified atom stereocenters. The molecule has 0 spiro atoms. The molecule has 1 aliphatic heterocycles. The number of nitrogens with zero attached hydrogens (tertiary/aromatic N) is 2. The van der Waals surface area contributed by atoms with Gasteiger partial charge in [0.25, 0.3) is 0 Å². The number of hydrogen-bond donors (Lipinski definition) is 1. The highest BCUT2D eigenvalue weighted by molar-refractivity contribution is 5.83. The molecule has 1 saturated heterocycles. The molecule has 0 radical (unpaired) electrons. The van der Waals surface area contributed by atoms with Crippen molar-refractivity contribution >= 4 is 11.7 Å². The Morgan fingerprint density at radius 3 is 2.63 bits per heavy atom. The number of amides is 1. The van der Waals surface area contributed by atoms with E-state index >= 15 is 0 Å². The second kappa shape index (κ2) is 9.78. The standard InChI is InChI=1S/C23H30FN3O3/c1-5-25-23(28)16(4)17-6-8-18(9-7-17)30-19-10-11-27(14-19)22-21(24)12-20(13-26-22)29-15(2)3/h6-9,12-13,15-16,19H,5,10-11,14H2,1-4H3,(H,25,28). The second-order valence-electron chi connectivity index (χ2n) is 7.80. The number of anilines is 1. The fourth-order valence-corrected chi connectivity index (χ4v) is 3.51. The molecule has 0 bridgehead atoms. The van der Waals surface area contributed by atoms with Crippen LogP contribution in [0.25, 0.3) is 0 Å². The van der Waals surface area contributed by atoms with Crippen molar-refractivity contribution in [2.24, 2.45) is 0 Å². The van der Waals surface area contributed by atoms with E-state index in [1.807, 2.05) is 56.9 Å². The average Bonchev–Trinajstić information content (AvgIpc) is 3.16. The molecule has 7 heteroatoms. The summed E-state index contributed by atoms with van der Waals surface area (Å²) in [4.78, 5) is 18.1. The van der Waals surface area contributed by atoms with Crippen LogP contribution >= 0.6 is 0 Å². The normalized spacial score (nSPS) is 17.1. The van der Waals surface area contributed by atoms with E-state index in [9.17, 15) is 9.18 Å². The number of pyridine rings is 1. The third-order valence-electron chi connectivity index (χ3n) is 5.04. The summed E-state index contributed by atoms with van der Waals surface area (Å²) in [5.41, 5.74) is 0.941. The number of likely N-dealkylation sites (N-methyl/N-ethyl adjacent to an activating group) is 1. The van der Waals surface area contributed by atoms with Gasteiger partial charge in [0, 0.05) is 25.6 Å². The molecule has 3 rings (SSSR count). The van der Waals surface area contributed by atoms with Gasteiger partial charge in [-0.1, -0.05) is 12.1 Å². The van der Waals surface area contributed by atoms with Gasteiger partial charge in [-0.2, -0.15) is 0 Å². The zero-order chi connectivity index (χ0) is 21.7. The van der Waals surface area contributed by atoms with E-state index in [-0.39, 0.29) is 24.0 Å². The second-order valence-corrected chi connectivity index (χ2v) is 7.80. The highest BCUT2D eigenvalue weighted by Crippen LogP contribution is 2.27. The van der Waals surface area contributed by atoms with Crippen molar-refractivity contribution in [2.45, 2.75) is 52.2 Å². The summed E-state index contributed by atoms with van der Waals surface area (Å²) in [7, 11) is 0. The smallest absolute Gasteiger partial charge is 0.227 e. The molecule has 1 fully saturated rings. The topological polar surface area (TPSA) is 63.7 Å². The van der Waals surface area contributed by atoms with E-state index in [1.54, 1.807) is 6.20 Å². The molecule has 2 heterocycles. The summed E-state index contributed by atoms with van der Waals surface area (Å²) in [6.45, 7) is 9.42. The number of carbonyl (C=O) groups excluding carboxylic acids is 1. The molecule has 30 heavy (non-hydrogen) atoms. The van der Waals surface area contributed by atoms with Crippen molar-refractivity contribution in [1.29, 1.82) is 0 Å². The fourth-order valence-electron chi connectivity index (χ4n) is 3.51. The van der Waals surface area contributed by atoms with Crippen molar-refractivity contribution < 1.29 is 18.7 Å². The Balaban J connectivity index is 1.58. The molecular weight excluding hydrogens is 385 g/mol. The highest BCUT2D eigenvalue weighted by atomic mass is 19.1. The van der Waals surface area contributed by atoms with Crippen LogP contribution in [0.2, 0.25) is 0 Å². The maximum Gasteiger partial charge on any atom is 0.227 e. The minimum absolute atomic E-state index is 0.0111. The van der Waals surface area contributed by atoms with Crippen LogP contribution in [0.3, 0.4) is 0 Å². The molecule has 1 aromatic carbocycles. The predicted molar refractivity (Wildman–Crippen MR) is 115 cm³/mol. The largest absolute Gasteiger partial charge is 0.489 e. The van der Waals surface area contributed by atoms with Gasteiger partial charge >= 0.3 is 0 Å². The Bertz CT molecular complexity index is 857. The van der Waals surface area contributed by atoms with Gasteiger partial charge in [0.2, 0.25) is 5.91 Å². The molecule has 2 atom stereocenters. The first kappa shape index (κ1) is 21.9. The Labute approximate surface area is 177 Å². The van der Waals surface area contributed by atoms with E-state index in [4.69, 9.17) is 9.47 Å². The van der Waals surface area contributed by atoms with Crippen molar-refractivity contribution in [3.63, 3.8) is 0 Å². The lowest BCUT2D eigenvalue weighted by Gasteiger charge is -2.19. The Kier molecular flexibility index (Phi) is 7.13. The van der Waals surface area contributed by atoms with Crippen LogP contribution in [0.4, 0.5) is 10.2 Å². The zero-order valence-electron chi connectivity index (χ0n) is 18.0. The van der Waals surface area contributed by atoms with Crippen molar-refractivity contribution in [2.75, 3.05) is 24.5 Å². The lowest BCUT2D eigenvalue weighted by atomic mass is 10.0. The lowest BCUT2D eigenvalue weighted by molar-refractivity contribution is -0.122. The van der Waals surface area contributed by atoms with Crippen LogP contribution in [0.5, 0.6) is 11.5 Å². The molecule has 0 saturated carbocycles. The molecule has 1 amide bonds. The number of hydrogen-bond acceptors (Lipinski definition) is 5. The zero-order valence-corrected chi connectivity index (χ0v) is 18.0. The lowest BCUT2D eigenvalue weighted by Crippen LogP contribution is -2.27. The van der Waals surface area contributed by atoms with Gasteiger partial charge in [-0.15, -0.1) is 0 Å². The molecule has 6 nitrogen and oxygen atoms in total. The van der Waals surface area contributed by atoms with Gasteiger partial charge in [0.15, 0.2) is 11.6 Å². The summed E-state index contributed by atoms with van der Waals surface area (Å²) >= 11 is 0. The number of carbonyl (C=O) groups is 1. The number of halogens is 1. The van der Waals surface area contributed by atoms with Gasteiger partial charge in [0.1, 0.15) is 17.6 Å². The molecule has 1 N–H and O–H groups in total. The number of aromatic nitrogens is 1. The van der Waals surface area contributed by atoms with Crippen LogP contribution in [-0.2, 0) is 4.79 Å². The number of ether oxygens (including phenoxy) is 2. The van der Waals surface area contributed by atoms with E-state index in [0.29, 0.717) is 31.2 Å². The monoisotopic (exact) mass is 415 g/mol. The number of nitrogens with one attached hydrogen (secondary N) is 1. The van der Waals surface area contributed by atoms with Crippen molar-refractivity contribution in [3.05, 3.63) is 47.9 Å². The third-order valence-corrected chi connectivity index (χ3v) is 5.04. The number of rotatable bonds is 8. The molecule has 1 aromatic heterocycles. The highest BCUT2D eigenvalue weighted by Gasteiger charge is 2.27. The maximum atomic E-state index is 14.5. The Morgan fingerprint density at radius 1 is 1.27 bits per heavy atom. The van der Waals surface area contributed by atoms with Gasteiger partial charge in [0.05, 0.1) is 24.8 Å². The summed E-state index contributed by atoms with van der Waals surface area (Å²) in [6.07, 6.45) is 2.25. The van der Waals surface area contributed by atoms with Gasteiger partial charge in [-0.3, -0.25) is 4.79 Å². The number of benzene rings is 1. The van der Waals surface area contributed by atoms with Crippen LogP contribution in [0, 0.1) is 5.82 Å². The summed E-state index contributed by atoms with van der Waals surface area (Å²) in [5.74, 6) is 0.901. The summed E-state index contributed by atoms with van der Waals surface area (Å²) in [5, 5.41) is 2.83. The molecule has 162 valence electrons. The predicted octanol–water partition coefficient (Wildman–Crippen LogP) is 3.91. The third kappa shape index (κ3) is 5.40. The first-order valence-corrected chi connectivity index (χ1v) is 10.5.